The smallest absolute Gasteiger partial charge is 0.181 e. The van der Waals surface area contributed by atoms with E-state index in [1.165, 1.54) is 17.5 Å². The highest BCUT2D eigenvalue weighted by atomic mass is 79.9. The second-order valence-corrected chi connectivity index (χ2v) is 4.70. The molecule has 16 heavy (non-hydrogen) atoms. The third-order valence-electron chi connectivity index (χ3n) is 2.96. The first-order valence-electron chi connectivity index (χ1n) is 5.10. The third-order valence-corrected chi connectivity index (χ3v) is 3.61. The molecule has 0 saturated carbocycles. The topological polar surface area (TPSA) is 51.1 Å². The Kier molecular flexibility index (Phi) is 2.37. The second kappa shape index (κ2) is 3.75. The van der Waals surface area contributed by atoms with Gasteiger partial charge in [0, 0.05) is 17.3 Å². The van der Waals surface area contributed by atoms with Crippen LogP contribution in [0.15, 0.2) is 21.6 Å². The molecule has 0 amide bonds. The summed E-state index contributed by atoms with van der Waals surface area (Å²) in [5, 5.41) is 0. The first-order valence-corrected chi connectivity index (χ1v) is 5.90. The Morgan fingerprint density at radius 3 is 3.19 bits per heavy atom. The molecule has 0 spiro atoms. The average molecular weight is 283 g/mol. The van der Waals surface area contributed by atoms with Gasteiger partial charge in [0.15, 0.2) is 6.39 Å². The number of rotatable bonds is 1. The maximum absolute atomic E-state index is 5.58. The molecular formula is C11H11BrN2O2. The second-order valence-electron chi connectivity index (χ2n) is 3.90. The summed E-state index contributed by atoms with van der Waals surface area (Å²) >= 11 is 3.53. The molecule has 1 atom stereocenters. The molecule has 2 aromatic rings. The van der Waals surface area contributed by atoms with Crippen LogP contribution in [-0.4, -0.2) is 16.6 Å². The molecule has 1 unspecified atom stereocenters. The van der Waals surface area contributed by atoms with Crippen molar-refractivity contribution in [2.45, 2.75) is 19.4 Å². The van der Waals surface area contributed by atoms with Crippen LogP contribution in [0.25, 0.3) is 0 Å². The summed E-state index contributed by atoms with van der Waals surface area (Å²) in [7, 11) is 0. The molecule has 0 radical (unpaired) electrons. The molecule has 1 aliphatic rings. The minimum absolute atomic E-state index is 0.156. The van der Waals surface area contributed by atoms with Crippen LogP contribution < -0.4 is 0 Å². The zero-order chi connectivity index (χ0) is 11.1. The maximum atomic E-state index is 5.58. The summed E-state index contributed by atoms with van der Waals surface area (Å²) in [5.41, 5.74) is 3.38. The van der Waals surface area contributed by atoms with Gasteiger partial charge >= 0.3 is 0 Å². The molecule has 0 bridgehead atoms. The summed E-state index contributed by atoms with van der Waals surface area (Å²) in [6.45, 7) is 3.23. The van der Waals surface area contributed by atoms with E-state index in [0.29, 0.717) is 13.2 Å². The fraction of sp³-hybridized carbons (Fsp3) is 0.364. The number of halogens is 1. The highest BCUT2D eigenvalue weighted by Gasteiger charge is 2.29. The van der Waals surface area contributed by atoms with Gasteiger partial charge in [0.05, 0.1) is 29.4 Å². The van der Waals surface area contributed by atoms with E-state index in [1.807, 2.05) is 13.1 Å². The van der Waals surface area contributed by atoms with Crippen molar-refractivity contribution in [3.8, 4) is 0 Å². The molecule has 84 valence electrons. The Morgan fingerprint density at radius 2 is 2.44 bits per heavy atom. The highest BCUT2D eigenvalue weighted by molar-refractivity contribution is 9.10. The van der Waals surface area contributed by atoms with Crippen LogP contribution in [0, 0.1) is 6.92 Å². The van der Waals surface area contributed by atoms with E-state index < -0.39 is 0 Å². The van der Waals surface area contributed by atoms with Crippen molar-refractivity contribution in [2.24, 2.45) is 0 Å². The monoisotopic (exact) mass is 282 g/mol. The molecule has 2 aromatic heterocycles. The van der Waals surface area contributed by atoms with Crippen LogP contribution in [-0.2, 0) is 11.3 Å². The molecule has 1 N–H and O–H groups in total. The van der Waals surface area contributed by atoms with Gasteiger partial charge in [-0.15, -0.1) is 0 Å². The van der Waals surface area contributed by atoms with Crippen LogP contribution in [0.2, 0.25) is 0 Å². The van der Waals surface area contributed by atoms with Crippen molar-refractivity contribution in [3.05, 3.63) is 39.8 Å². The van der Waals surface area contributed by atoms with Crippen molar-refractivity contribution in [3.63, 3.8) is 0 Å². The fourth-order valence-corrected chi connectivity index (χ4v) is 2.82. The lowest BCUT2D eigenvalue weighted by atomic mass is 9.93. The summed E-state index contributed by atoms with van der Waals surface area (Å²) in [5.74, 6) is 1.01. The quantitative estimate of drug-likeness (QED) is 0.875. The standard InChI is InChI=1S/C11H11BrN2O2/c1-6-10(14-5-16-6)8-4-15-3-7-2-13-11(12)9(7)8/h2,5,8,13H,3-4H2,1H3. The highest BCUT2D eigenvalue weighted by Crippen LogP contribution is 2.37. The lowest BCUT2D eigenvalue weighted by Crippen LogP contribution is -2.17. The van der Waals surface area contributed by atoms with Gasteiger partial charge in [-0.05, 0) is 22.9 Å². The van der Waals surface area contributed by atoms with Crippen LogP contribution in [0.5, 0.6) is 0 Å². The summed E-state index contributed by atoms with van der Waals surface area (Å²) in [6.07, 6.45) is 3.46. The van der Waals surface area contributed by atoms with Gasteiger partial charge in [0.2, 0.25) is 0 Å². The number of hydrogen-bond acceptors (Lipinski definition) is 3. The number of nitrogens with one attached hydrogen (secondary N) is 1. The molecule has 3 heterocycles. The predicted octanol–water partition coefficient (Wildman–Crippen LogP) is 2.74. The predicted molar refractivity (Wildman–Crippen MR) is 61.2 cm³/mol. The number of nitrogens with zero attached hydrogens (tertiary/aromatic N) is 1. The molecule has 0 saturated heterocycles. The van der Waals surface area contributed by atoms with Gasteiger partial charge in [-0.2, -0.15) is 0 Å². The van der Waals surface area contributed by atoms with Crippen LogP contribution >= 0.6 is 15.9 Å². The molecule has 1 aliphatic heterocycles. The van der Waals surface area contributed by atoms with Gasteiger partial charge in [-0.3, -0.25) is 0 Å². The van der Waals surface area contributed by atoms with E-state index >= 15 is 0 Å². The number of hydrogen-bond donors (Lipinski definition) is 1. The van der Waals surface area contributed by atoms with Gasteiger partial charge in [-0.25, -0.2) is 4.98 Å². The van der Waals surface area contributed by atoms with Crippen molar-refractivity contribution in [1.29, 1.82) is 0 Å². The average Bonchev–Trinajstić information content (AvgIpc) is 2.86. The minimum Gasteiger partial charge on any atom is -0.448 e. The number of H-pyrrole nitrogens is 1. The first kappa shape index (κ1) is 10.1. The Labute approximate surface area is 101 Å². The van der Waals surface area contributed by atoms with Gasteiger partial charge < -0.3 is 14.1 Å². The summed E-state index contributed by atoms with van der Waals surface area (Å²) in [6, 6.07) is 0. The van der Waals surface area contributed by atoms with Crippen molar-refractivity contribution < 1.29 is 9.15 Å². The number of oxazole rings is 1. The zero-order valence-corrected chi connectivity index (χ0v) is 10.4. The normalized spacial score (nSPS) is 19.8. The fourth-order valence-electron chi connectivity index (χ4n) is 2.18. The lowest BCUT2D eigenvalue weighted by Gasteiger charge is -2.22. The van der Waals surface area contributed by atoms with Crippen molar-refractivity contribution in [1.82, 2.24) is 9.97 Å². The Bertz CT molecular complexity index is 518. The Balaban J connectivity index is 2.11. The number of aromatic nitrogens is 2. The molecule has 4 nitrogen and oxygen atoms in total. The van der Waals surface area contributed by atoms with E-state index in [-0.39, 0.29) is 5.92 Å². The largest absolute Gasteiger partial charge is 0.448 e. The molecule has 5 heteroatoms. The molecule has 0 aliphatic carbocycles. The zero-order valence-electron chi connectivity index (χ0n) is 8.79. The molecule has 3 rings (SSSR count). The van der Waals surface area contributed by atoms with E-state index in [2.05, 4.69) is 25.9 Å². The van der Waals surface area contributed by atoms with Gasteiger partial charge in [-0.1, -0.05) is 0 Å². The summed E-state index contributed by atoms with van der Waals surface area (Å²) in [4.78, 5) is 7.45. The SMILES string of the molecule is Cc1ocnc1C1COCc2c[nH]c(Br)c21. The molecule has 0 aromatic carbocycles. The van der Waals surface area contributed by atoms with E-state index in [0.717, 1.165) is 16.1 Å². The van der Waals surface area contributed by atoms with E-state index in [4.69, 9.17) is 9.15 Å². The van der Waals surface area contributed by atoms with Gasteiger partial charge in [0.25, 0.3) is 0 Å². The lowest BCUT2D eigenvalue weighted by molar-refractivity contribution is 0.0987. The van der Waals surface area contributed by atoms with Gasteiger partial charge in [0.1, 0.15) is 5.76 Å². The molecule has 0 fully saturated rings. The Hall–Kier alpha value is -1.07. The third kappa shape index (κ3) is 1.43. The van der Waals surface area contributed by atoms with Crippen LogP contribution in [0.4, 0.5) is 0 Å². The van der Waals surface area contributed by atoms with E-state index in [9.17, 15) is 0 Å². The Morgan fingerprint density at radius 1 is 1.56 bits per heavy atom. The van der Waals surface area contributed by atoms with E-state index in [1.54, 1.807) is 0 Å². The summed E-state index contributed by atoms with van der Waals surface area (Å²) < 4.78 is 11.8. The first-order chi connectivity index (χ1) is 7.77. The van der Waals surface area contributed by atoms with Crippen molar-refractivity contribution >= 4 is 15.9 Å². The number of ether oxygens (including phenoxy) is 1. The number of aryl methyl sites for hydroxylation is 1. The molecular weight excluding hydrogens is 272 g/mol. The van der Waals surface area contributed by atoms with Crippen molar-refractivity contribution in [2.75, 3.05) is 6.61 Å². The maximum Gasteiger partial charge on any atom is 0.181 e. The number of fused-ring (bicyclic) bond motifs is 1. The minimum atomic E-state index is 0.156. The van der Waals surface area contributed by atoms with Crippen LogP contribution in [0.1, 0.15) is 28.5 Å². The number of aromatic amines is 1. The van der Waals surface area contributed by atoms with Crippen LogP contribution in [0.3, 0.4) is 0 Å².